The van der Waals surface area contributed by atoms with Crippen molar-refractivity contribution in [3.8, 4) is 17.6 Å². The molecule has 0 fully saturated rings. The fourth-order valence-corrected chi connectivity index (χ4v) is 1.56. The quantitative estimate of drug-likeness (QED) is 0.653. The summed E-state index contributed by atoms with van der Waals surface area (Å²) in [6.07, 6.45) is -0.570. The molecule has 0 aromatic heterocycles. The van der Waals surface area contributed by atoms with Crippen molar-refractivity contribution in [1.82, 2.24) is 5.43 Å². The number of nitrogens with one attached hydrogen (secondary N) is 1. The minimum Gasteiger partial charge on any atom is -0.485 e. The van der Waals surface area contributed by atoms with Gasteiger partial charge in [0.05, 0.1) is 11.8 Å². The summed E-state index contributed by atoms with van der Waals surface area (Å²) in [5, 5.41) is 12.3. The number of rotatable bonds is 3. The summed E-state index contributed by atoms with van der Waals surface area (Å²) in [4.78, 5) is 11.1. The van der Waals surface area contributed by atoms with Gasteiger partial charge in [0.15, 0.2) is 17.6 Å². The van der Waals surface area contributed by atoms with Crippen molar-refractivity contribution in [3.63, 3.8) is 0 Å². The molecule has 19 heavy (non-hydrogen) atoms. The van der Waals surface area contributed by atoms with Crippen LogP contribution in [0.4, 0.5) is 0 Å². The molecule has 0 radical (unpaired) electrons. The Balaban J connectivity index is 1.99. The Morgan fingerprint density at radius 3 is 3.00 bits per heavy atom. The van der Waals surface area contributed by atoms with Gasteiger partial charge in [-0.15, -0.1) is 0 Å². The van der Waals surface area contributed by atoms with Crippen LogP contribution in [0.2, 0.25) is 0 Å². The van der Waals surface area contributed by atoms with Crippen molar-refractivity contribution in [2.24, 2.45) is 5.10 Å². The highest BCUT2D eigenvalue weighted by Crippen LogP contribution is 2.31. The molecule has 6 heteroatoms. The third kappa shape index (κ3) is 3.22. The molecule has 0 saturated carbocycles. The lowest BCUT2D eigenvalue weighted by Gasteiger charge is -2.26. The van der Waals surface area contributed by atoms with Gasteiger partial charge < -0.3 is 9.47 Å². The highest BCUT2D eigenvalue weighted by atomic mass is 16.6. The number of benzene rings is 1. The zero-order valence-corrected chi connectivity index (χ0v) is 10.4. The molecule has 2 rings (SSSR count). The van der Waals surface area contributed by atoms with Gasteiger partial charge >= 0.3 is 0 Å². The summed E-state index contributed by atoms with van der Waals surface area (Å²) in [7, 11) is 0. The van der Waals surface area contributed by atoms with Crippen LogP contribution < -0.4 is 14.9 Å². The van der Waals surface area contributed by atoms with Crippen molar-refractivity contribution in [2.45, 2.75) is 19.4 Å². The van der Waals surface area contributed by atoms with E-state index in [9.17, 15) is 4.79 Å². The number of amides is 1. The summed E-state index contributed by atoms with van der Waals surface area (Å²) in [6.45, 7) is 2.06. The van der Waals surface area contributed by atoms with Gasteiger partial charge in [0, 0.05) is 0 Å². The Morgan fingerprint density at radius 1 is 1.53 bits per heavy atom. The zero-order chi connectivity index (χ0) is 13.7. The first-order chi connectivity index (χ1) is 9.20. The predicted octanol–water partition coefficient (Wildman–Crippen LogP) is 1.23. The van der Waals surface area contributed by atoms with E-state index in [4.69, 9.17) is 14.7 Å². The lowest BCUT2D eigenvalue weighted by Crippen LogP contribution is -2.36. The minimum absolute atomic E-state index is 0.221. The number of hydrogen-bond acceptors (Lipinski definition) is 5. The van der Waals surface area contributed by atoms with Gasteiger partial charge in [0.25, 0.3) is 5.91 Å². The first-order valence-corrected chi connectivity index (χ1v) is 5.79. The molecule has 1 heterocycles. The Labute approximate surface area is 110 Å². The Kier molecular flexibility index (Phi) is 3.98. The van der Waals surface area contributed by atoms with Crippen LogP contribution in [-0.2, 0) is 4.79 Å². The predicted molar refractivity (Wildman–Crippen MR) is 67.8 cm³/mol. The molecule has 98 valence electrons. The van der Waals surface area contributed by atoms with Crippen LogP contribution in [0, 0.1) is 11.3 Å². The lowest BCUT2D eigenvalue weighted by molar-refractivity contribution is -0.120. The molecule has 0 saturated heterocycles. The molecule has 1 N–H and O–H groups in total. The molecule has 1 aliphatic heterocycles. The summed E-state index contributed by atoms with van der Waals surface area (Å²) in [6, 6.07) is 9.10. The Bertz CT molecular complexity index is 548. The van der Waals surface area contributed by atoms with Gasteiger partial charge in [-0.3, -0.25) is 4.79 Å². The lowest BCUT2D eigenvalue weighted by atomic mass is 10.2. The molecule has 0 spiro atoms. The van der Waals surface area contributed by atoms with Crippen LogP contribution >= 0.6 is 0 Å². The van der Waals surface area contributed by atoms with Gasteiger partial charge in [-0.2, -0.15) is 10.4 Å². The first kappa shape index (κ1) is 12.9. The van der Waals surface area contributed by atoms with Crippen molar-refractivity contribution < 1.29 is 14.3 Å². The third-order valence-electron chi connectivity index (χ3n) is 2.57. The highest BCUT2D eigenvalue weighted by Gasteiger charge is 2.23. The molecule has 1 aliphatic rings. The van der Waals surface area contributed by atoms with Gasteiger partial charge in [0.1, 0.15) is 13.0 Å². The van der Waals surface area contributed by atoms with Gasteiger partial charge in [-0.25, -0.2) is 5.43 Å². The summed E-state index contributed by atoms with van der Waals surface area (Å²) in [5.41, 5.74) is 2.88. The maximum atomic E-state index is 11.1. The van der Waals surface area contributed by atoms with Gasteiger partial charge in [-0.05, 0) is 19.1 Å². The Morgan fingerprint density at radius 2 is 2.26 bits per heavy atom. The number of hydrogen-bond donors (Lipinski definition) is 1. The number of nitriles is 1. The molecular weight excluding hydrogens is 246 g/mol. The second-order valence-corrected chi connectivity index (χ2v) is 3.99. The van der Waals surface area contributed by atoms with E-state index >= 15 is 0 Å². The van der Waals surface area contributed by atoms with Crippen LogP contribution in [-0.4, -0.2) is 24.3 Å². The standard InChI is InChI=1S/C13H13N3O3/c1-9(15-16-13(17)6-7-14)12-8-18-10-4-2-3-5-11(10)19-12/h2-5,12H,6,8H2,1H3,(H,16,17)/b15-9-. The maximum absolute atomic E-state index is 11.1. The number of para-hydroxylation sites is 2. The van der Waals surface area contributed by atoms with Crippen LogP contribution in [0.1, 0.15) is 13.3 Å². The van der Waals surface area contributed by atoms with Crippen molar-refractivity contribution >= 4 is 11.6 Å². The largest absolute Gasteiger partial charge is 0.485 e. The average molecular weight is 259 g/mol. The number of hydrazone groups is 1. The van der Waals surface area contributed by atoms with E-state index in [-0.39, 0.29) is 12.5 Å². The van der Waals surface area contributed by atoms with E-state index < -0.39 is 5.91 Å². The van der Waals surface area contributed by atoms with Crippen molar-refractivity contribution in [3.05, 3.63) is 24.3 Å². The monoisotopic (exact) mass is 259 g/mol. The van der Waals surface area contributed by atoms with E-state index in [1.165, 1.54) is 0 Å². The van der Waals surface area contributed by atoms with Crippen LogP contribution in [0.5, 0.6) is 11.5 Å². The SMILES string of the molecule is C/C(=N/NC(=O)CC#N)C1COc2ccccc2O1. The zero-order valence-electron chi connectivity index (χ0n) is 10.4. The summed E-state index contributed by atoms with van der Waals surface area (Å²) >= 11 is 0. The number of carbonyl (C=O) groups is 1. The summed E-state index contributed by atoms with van der Waals surface area (Å²) < 4.78 is 11.3. The van der Waals surface area contributed by atoms with Gasteiger partial charge in [-0.1, -0.05) is 12.1 Å². The van der Waals surface area contributed by atoms with E-state index in [0.29, 0.717) is 23.8 Å². The van der Waals surface area contributed by atoms with E-state index in [2.05, 4.69) is 10.5 Å². The second-order valence-electron chi connectivity index (χ2n) is 3.99. The minimum atomic E-state index is -0.445. The smallest absolute Gasteiger partial charge is 0.254 e. The molecule has 1 aromatic carbocycles. The molecule has 1 unspecified atom stereocenters. The number of ether oxygens (including phenoxy) is 2. The van der Waals surface area contributed by atoms with Gasteiger partial charge in [0.2, 0.25) is 0 Å². The highest BCUT2D eigenvalue weighted by molar-refractivity contribution is 5.88. The fourth-order valence-electron chi connectivity index (χ4n) is 1.56. The number of carbonyl (C=O) groups excluding carboxylic acids is 1. The van der Waals surface area contributed by atoms with E-state index in [1.807, 2.05) is 24.3 Å². The average Bonchev–Trinajstić information content (AvgIpc) is 2.44. The molecule has 6 nitrogen and oxygen atoms in total. The van der Waals surface area contributed by atoms with Crippen LogP contribution in [0.25, 0.3) is 0 Å². The molecule has 1 amide bonds. The number of fused-ring (bicyclic) bond motifs is 1. The van der Waals surface area contributed by atoms with Crippen molar-refractivity contribution in [2.75, 3.05) is 6.61 Å². The topological polar surface area (TPSA) is 83.7 Å². The second kappa shape index (κ2) is 5.87. The molecule has 1 atom stereocenters. The van der Waals surface area contributed by atoms with Crippen LogP contribution in [0.15, 0.2) is 29.4 Å². The molecule has 1 aromatic rings. The van der Waals surface area contributed by atoms with Crippen molar-refractivity contribution in [1.29, 1.82) is 5.26 Å². The summed E-state index contributed by atoms with van der Waals surface area (Å²) in [5.74, 6) is 0.899. The van der Waals surface area contributed by atoms with E-state index in [1.54, 1.807) is 13.0 Å². The number of nitrogens with zero attached hydrogens (tertiary/aromatic N) is 2. The first-order valence-electron chi connectivity index (χ1n) is 5.79. The molecule has 0 bridgehead atoms. The normalized spacial score (nSPS) is 17.5. The van der Waals surface area contributed by atoms with E-state index in [0.717, 1.165) is 0 Å². The van der Waals surface area contributed by atoms with Crippen LogP contribution in [0.3, 0.4) is 0 Å². The molecular formula is C13H13N3O3. The third-order valence-corrected chi connectivity index (χ3v) is 2.57. The fraction of sp³-hybridized carbons (Fsp3) is 0.308. The molecule has 0 aliphatic carbocycles. The Hall–Kier alpha value is -2.55. The maximum Gasteiger partial charge on any atom is 0.254 e.